The molecule has 4 atom stereocenters. The second-order valence-electron chi connectivity index (χ2n) is 4.24. The zero-order chi connectivity index (χ0) is 8.77. The lowest BCUT2D eigenvalue weighted by Gasteiger charge is -2.35. The quantitative estimate of drug-likeness (QED) is 0.642. The van der Waals surface area contributed by atoms with Crippen LogP contribution in [0.5, 0.6) is 0 Å². The third kappa shape index (κ3) is 1.09. The molecule has 0 aromatic heterocycles. The molecule has 2 aliphatic carbocycles. The van der Waals surface area contributed by atoms with E-state index in [1.165, 1.54) is 6.42 Å². The Balaban J connectivity index is 2.12. The lowest BCUT2D eigenvalue weighted by atomic mass is 9.80. The van der Waals surface area contributed by atoms with Crippen molar-refractivity contribution in [2.24, 2.45) is 11.8 Å². The van der Waals surface area contributed by atoms with Crippen molar-refractivity contribution in [1.29, 1.82) is 0 Å². The van der Waals surface area contributed by atoms with E-state index < -0.39 is 11.7 Å². The first kappa shape index (κ1) is 8.79. The Labute approximate surface area is 77.5 Å². The monoisotopic (exact) mass is 190 g/mol. The summed E-state index contributed by atoms with van der Waals surface area (Å²) in [6.07, 6.45) is 3.40. The number of hydrogen-bond acceptors (Lipinski definition) is 2. The summed E-state index contributed by atoms with van der Waals surface area (Å²) in [6, 6.07) is 0. The van der Waals surface area contributed by atoms with E-state index in [9.17, 15) is 10.2 Å². The number of aliphatic hydroxyl groups excluding tert-OH is 1. The van der Waals surface area contributed by atoms with Gasteiger partial charge in [0.1, 0.15) is 0 Å². The third-order valence-corrected chi connectivity index (χ3v) is 3.88. The second kappa shape index (κ2) is 2.86. The summed E-state index contributed by atoms with van der Waals surface area (Å²) in [7, 11) is 0. The first-order chi connectivity index (χ1) is 5.66. The molecule has 2 bridgehead atoms. The molecule has 2 aliphatic rings. The maximum atomic E-state index is 10.1. The van der Waals surface area contributed by atoms with Gasteiger partial charge < -0.3 is 10.2 Å². The molecule has 0 amide bonds. The highest BCUT2D eigenvalue weighted by atomic mass is 35.5. The van der Waals surface area contributed by atoms with E-state index in [2.05, 4.69) is 0 Å². The van der Waals surface area contributed by atoms with Gasteiger partial charge in [-0.2, -0.15) is 0 Å². The molecule has 0 heterocycles. The van der Waals surface area contributed by atoms with Gasteiger partial charge in [-0.1, -0.05) is 0 Å². The minimum Gasteiger partial charge on any atom is -0.389 e. The lowest BCUT2D eigenvalue weighted by molar-refractivity contribution is -0.0999. The average molecular weight is 191 g/mol. The van der Waals surface area contributed by atoms with Crippen molar-refractivity contribution < 1.29 is 10.2 Å². The zero-order valence-electron chi connectivity index (χ0n) is 7.04. The van der Waals surface area contributed by atoms with Crippen LogP contribution >= 0.6 is 11.6 Å². The van der Waals surface area contributed by atoms with Crippen molar-refractivity contribution in [1.82, 2.24) is 0 Å². The predicted octanol–water partition coefficient (Wildman–Crippen LogP) is 1.14. The van der Waals surface area contributed by atoms with E-state index in [4.69, 9.17) is 11.6 Å². The van der Waals surface area contributed by atoms with Gasteiger partial charge in [0, 0.05) is 0 Å². The van der Waals surface area contributed by atoms with Gasteiger partial charge in [0.15, 0.2) is 0 Å². The normalized spacial score (nSPS) is 48.2. The van der Waals surface area contributed by atoms with Crippen molar-refractivity contribution in [3.05, 3.63) is 0 Å². The van der Waals surface area contributed by atoms with E-state index in [0.29, 0.717) is 11.8 Å². The van der Waals surface area contributed by atoms with Crippen LogP contribution < -0.4 is 0 Å². The van der Waals surface area contributed by atoms with Gasteiger partial charge >= 0.3 is 0 Å². The number of hydrogen-bond donors (Lipinski definition) is 2. The number of aliphatic hydroxyl groups is 2. The summed E-state index contributed by atoms with van der Waals surface area (Å²) in [5, 5.41) is 19.7. The number of rotatable bonds is 2. The summed E-state index contributed by atoms with van der Waals surface area (Å²) in [6.45, 7) is 0. The zero-order valence-corrected chi connectivity index (χ0v) is 7.80. The van der Waals surface area contributed by atoms with Crippen molar-refractivity contribution in [3.63, 3.8) is 0 Å². The summed E-state index contributed by atoms with van der Waals surface area (Å²) in [4.78, 5) is 0. The van der Waals surface area contributed by atoms with Gasteiger partial charge in [-0.25, -0.2) is 0 Å². The van der Waals surface area contributed by atoms with E-state index in [1.54, 1.807) is 0 Å². The number of fused-ring (bicyclic) bond motifs is 2. The van der Waals surface area contributed by atoms with Crippen LogP contribution in [0.1, 0.15) is 25.7 Å². The van der Waals surface area contributed by atoms with Gasteiger partial charge in [0.2, 0.25) is 0 Å². The van der Waals surface area contributed by atoms with Crippen LogP contribution in [0.3, 0.4) is 0 Å². The van der Waals surface area contributed by atoms with E-state index >= 15 is 0 Å². The number of alkyl halides is 1. The predicted molar refractivity (Wildman–Crippen MR) is 47.1 cm³/mol. The fraction of sp³-hybridized carbons (Fsp3) is 1.00. The van der Waals surface area contributed by atoms with Gasteiger partial charge in [-0.15, -0.1) is 11.6 Å². The molecule has 2 rings (SSSR count). The van der Waals surface area contributed by atoms with Crippen LogP contribution in [0.2, 0.25) is 0 Å². The van der Waals surface area contributed by atoms with E-state index in [-0.39, 0.29) is 5.88 Å². The molecule has 0 radical (unpaired) electrons. The number of halogens is 1. The maximum Gasteiger partial charge on any atom is 0.0964 e. The Morgan fingerprint density at radius 2 is 2.25 bits per heavy atom. The molecule has 70 valence electrons. The molecule has 0 aromatic rings. The Bertz CT molecular complexity index is 185. The standard InChI is InChI=1S/C9H15ClO2/c10-5-8(11)9(12)4-6-1-2-7(9)3-6/h6-8,11-12H,1-5H2/t6-,7+,8-,9-/m1/s1. The Kier molecular flexibility index (Phi) is 2.10. The lowest BCUT2D eigenvalue weighted by Crippen LogP contribution is -2.47. The molecule has 0 saturated heterocycles. The average Bonchev–Trinajstić information content (AvgIpc) is 2.62. The fourth-order valence-electron chi connectivity index (χ4n) is 2.89. The summed E-state index contributed by atoms with van der Waals surface area (Å²) in [5.41, 5.74) is -0.856. The minimum atomic E-state index is -0.856. The summed E-state index contributed by atoms with van der Waals surface area (Å²) < 4.78 is 0. The summed E-state index contributed by atoms with van der Waals surface area (Å²) in [5.74, 6) is 1.09. The summed E-state index contributed by atoms with van der Waals surface area (Å²) >= 11 is 5.55. The molecular weight excluding hydrogens is 176 g/mol. The van der Waals surface area contributed by atoms with Crippen LogP contribution in [-0.2, 0) is 0 Å². The van der Waals surface area contributed by atoms with Gasteiger partial charge in [-0.3, -0.25) is 0 Å². The van der Waals surface area contributed by atoms with Crippen LogP contribution in [0.25, 0.3) is 0 Å². The molecule has 0 aliphatic heterocycles. The topological polar surface area (TPSA) is 40.5 Å². The molecule has 2 nitrogen and oxygen atoms in total. The molecular formula is C9H15ClO2. The Morgan fingerprint density at radius 1 is 1.50 bits per heavy atom. The second-order valence-corrected chi connectivity index (χ2v) is 4.55. The Hall–Kier alpha value is 0.210. The molecule has 2 saturated carbocycles. The Morgan fingerprint density at radius 3 is 2.67 bits per heavy atom. The highest BCUT2D eigenvalue weighted by Gasteiger charge is 2.53. The SMILES string of the molecule is O[C@H](CCl)[C@@]1(O)C[C@@H]2CC[C@H]1C2. The van der Waals surface area contributed by atoms with Gasteiger partial charge in [-0.05, 0) is 37.5 Å². The molecule has 0 spiro atoms. The molecule has 0 aromatic carbocycles. The fourth-order valence-corrected chi connectivity index (χ4v) is 3.15. The van der Waals surface area contributed by atoms with Crippen molar-refractivity contribution in [3.8, 4) is 0 Å². The largest absolute Gasteiger partial charge is 0.389 e. The highest BCUT2D eigenvalue weighted by Crippen LogP contribution is 2.52. The van der Waals surface area contributed by atoms with Gasteiger partial charge in [0.05, 0.1) is 17.6 Å². The first-order valence-corrected chi connectivity index (χ1v) is 5.16. The molecule has 3 heteroatoms. The van der Waals surface area contributed by atoms with E-state index in [1.807, 2.05) is 0 Å². The van der Waals surface area contributed by atoms with Crippen LogP contribution in [0.4, 0.5) is 0 Å². The van der Waals surface area contributed by atoms with E-state index in [0.717, 1.165) is 19.3 Å². The van der Waals surface area contributed by atoms with Crippen LogP contribution in [0, 0.1) is 11.8 Å². The van der Waals surface area contributed by atoms with Gasteiger partial charge in [0.25, 0.3) is 0 Å². The van der Waals surface area contributed by atoms with Crippen molar-refractivity contribution in [2.45, 2.75) is 37.4 Å². The van der Waals surface area contributed by atoms with Crippen molar-refractivity contribution >= 4 is 11.6 Å². The molecule has 12 heavy (non-hydrogen) atoms. The third-order valence-electron chi connectivity index (χ3n) is 3.59. The molecule has 0 unspecified atom stereocenters. The maximum absolute atomic E-state index is 10.1. The minimum absolute atomic E-state index is 0.153. The molecule has 2 fully saturated rings. The first-order valence-electron chi connectivity index (χ1n) is 4.63. The van der Waals surface area contributed by atoms with Crippen LogP contribution in [-0.4, -0.2) is 27.8 Å². The molecule has 2 N–H and O–H groups in total. The van der Waals surface area contributed by atoms with Crippen molar-refractivity contribution in [2.75, 3.05) is 5.88 Å². The van der Waals surface area contributed by atoms with Crippen LogP contribution in [0.15, 0.2) is 0 Å². The highest BCUT2D eigenvalue weighted by molar-refractivity contribution is 6.18. The smallest absolute Gasteiger partial charge is 0.0964 e.